The third kappa shape index (κ3) is 2.39. The summed E-state index contributed by atoms with van der Waals surface area (Å²) in [6.07, 6.45) is 1.31. The van der Waals surface area contributed by atoms with Gasteiger partial charge in [0.2, 0.25) is 0 Å². The van der Waals surface area contributed by atoms with E-state index in [1.165, 1.54) is 18.5 Å². The molecule has 90 valence electrons. The van der Waals surface area contributed by atoms with Crippen molar-refractivity contribution in [1.29, 1.82) is 5.26 Å². The fourth-order valence-electron chi connectivity index (χ4n) is 1.40. The van der Waals surface area contributed by atoms with E-state index in [-0.39, 0.29) is 5.56 Å². The molecule has 0 aliphatic heterocycles. The van der Waals surface area contributed by atoms with Crippen molar-refractivity contribution in [1.82, 2.24) is 9.97 Å². The van der Waals surface area contributed by atoms with Gasteiger partial charge in [0.15, 0.2) is 0 Å². The normalized spacial score (nSPS) is 9.89. The van der Waals surface area contributed by atoms with Gasteiger partial charge < -0.3 is 5.32 Å². The van der Waals surface area contributed by atoms with Crippen LogP contribution in [0.25, 0.3) is 0 Å². The van der Waals surface area contributed by atoms with E-state index < -0.39 is 5.82 Å². The van der Waals surface area contributed by atoms with E-state index in [2.05, 4.69) is 15.3 Å². The third-order valence-corrected chi connectivity index (χ3v) is 2.76. The molecular weight excluding hydrogens is 255 g/mol. The summed E-state index contributed by atoms with van der Waals surface area (Å²) in [5.74, 6) is 0.0210. The molecular formula is C12H8ClFN4. The molecule has 4 nitrogen and oxygen atoms in total. The Labute approximate surface area is 108 Å². The number of nitriles is 1. The summed E-state index contributed by atoms with van der Waals surface area (Å²) in [5, 5.41) is 12.2. The molecule has 0 bridgehead atoms. The summed E-state index contributed by atoms with van der Waals surface area (Å²) in [6, 6.07) is 5.81. The van der Waals surface area contributed by atoms with Crippen molar-refractivity contribution in [3.05, 3.63) is 46.6 Å². The fraction of sp³-hybridized carbons (Fsp3) is 0.0833. The summed E-state index contributed by atoms with van der Waals surface area (Å²) < 4.78 is 13.0. The van der Waals surface area contributed by atoms with Gasteiger partial charge in [0, 0.05) is 5.56 Å². The SMILES string of the molecule is Cc1c(Cl)ncnc1Nc1ccc(F)cc1C#N. The first kappa shape index (κ1) is 12.3. The zero-order valence-electron chi connectivity index (χ0n) is 9.41. The Balaban J connectivity index is 2.41. The van der Waals surface area contributed by atoms with E-state index in [1.54, 1.807) is 6.92 Å². The second-order valence-electron chi connectivity index (χ2n) is 3.56. The van der Waals surface area contributed by atoms with E-state index >= 15 is 0 Å². The molecule has 0 radical (unpaired) electrons. The molecule has 1 aromatic heterocycles. The van der Waals surface area contributed by atoms with Crippen molar-refractivity contribution in [3.63, 3.8) is 0 Å². The molecule has 0 amide bonds. The van der Waals surface area contributed by atoms with Gasteiger partial charge in [0.25, 0.3) is 0 Å². The Morgan fingerprint density at radius 2 is 2.17 bits per heavy atom. The maximum atomic E-state index is 13.0. The Hall–Kier alpha value is -2.19. The molecule has 1 aromatic carbocycles. The van der Waals surface area contributed by atoms with Gasteiger partial charge in [-0.1, -0.05) is 11.6 Å². The topological polar surface area (TPSA) is 61.6 Å². The Kier molecular flexibility index (Phi) is 3.40. The first-order chi connectivity index (χ1) is 8.61. The molecule has 1 N–H and O–H groups in total. The van der Waals surface area contributed by atoms with Crippen LogP contribution in [0, 0.1) is 24.1 Å². The van der Waals surface area contributed by atoms with Gasteiger partial charge in [-0.2, -0.15) is 5.26 Å². The van der Waals surface area contributed by atoms with Crippen molar-refractivity contribution >= 4 is 23.1 Å². The van der Waals surface area contributed by atoms with E-state index in [4.69, 9.17) is 16.9 Å². The van der Waals surface area contributed by atoms with E-state index in [0.717, 1.165) is 6.07 Å². The molecule has 0 atom stereocenters. The minimum Gasteiger partial charge on any atom is -0.339 e. The van der Waals surface area contributed by atoms with Crippen LogP contribution in [-0.4, -0.2) is 9.97 Å². The van der Waals surface area contributed by atoms with Gasteiger partial charge in [-0.05, 0) is 25.1 Å². The zero-order valence-corrected chi connectivity index (χ0v) is 10.2. The first-order valence-electron chi connectivity index (χ1n) is 5.05. The minimum absolute atomic E-state index is 0.198. The molecule has 18 heavy (non-hydrogen) atoms. The van der Waals surface area contributed by atoms with Crippen LogP contribution < -0.4 is 5.32 Å². The molecule has 2 rings (SSSR count). The Morgan fingerprint density at radius 3 is 2.89 bits per heavy atom. The van der Waals surface area contributed by atoms with Gasteiger partial charge in [0.1, 0.15) is 29.2 Å². The van der Waals surface area contributed by atoms with Crippen LogP contribution in [0.5, 0.6) is 0 Å². The van der Waals surface area contributed by atoms with Crippen molar-refractivity contribution in [2.24, 2.45) is 0 Å². The number of benzene rings is 1. The predicted molar refractivity (Wildman–Crippen MR) is 66.2 cm³/mol. The Morgan fingerprint density at radius 1 is 1.39 bits per heavy atom. The lowest BCUT2D eigenvalue weighted by molar-refractivity contribution is 0.627. The number of hydrogen-bond donors (Lipinski definition) is 1. The lowest BCUT2D eigenvalue weighted by atomic mass is 10.2. The van der Waals surface area contributed by atoms with E-state index in [1.807, 2.05) is 6.07 Å². The summed E-state index contributed by atoms with van der Waals surface area (Å²) in [7, 11) is 0. The molecule has 0 saturated heterocycles. The molecule has 0 fully saturated rings. The quantitative estimate of drug-likeness (QED) is 0.845. The average Bonchev–Trinajstić information content (AvgIpc) is 2.37. The molecule has 0 aliphatic rings. The molecule has 0 aliphatic carbocycles. The van der Waals surface area contributed by atoms with Gasteiger partial charge in [0.05, 0.1) is 11.3 Å². The third-order valence-electron chi connectivity index (χ3n) is 2.38. The summed E-state index contributed by atoms with van der Waals surface area (Å²) in [5.41, 5.74) is 1.33. The number of nitrogens with zero attached hydrogens (tertiary/aromatic N) is 3. The number of rotatable bonds is 2. The molecule has 0 spiro atoms. The van der Waals surface area contributed by atoms with Crippen LogP contribution in [0.1, 0.15) is 11.1 Å². The van der Waals surface area contributed by atoms with Crippen molar-refractivity contribution in [2.45, 2.75) is 6.92 Å². The lowest BCUT2D eigenvalue weighted by Crippen LogP contribution is -2.00. The predicted octanol–water partition coefficient (Wildman–Crippen LogP) is 3.19. The van der Waals surface area contributed by atoms with Crippen LogP contribution in [-0.2, 0) is 0 Å². The standard InChI is InChI=1S/C12H8ClFN4/c1-7-11(13)16-6-17-12(7)18-10-3-2-9(14)4-8(10)5-15/h2-4,6H,1H3,(H,16,17,18). The van der Waals surface area contributed by atoms with Crippen LogP contribution in [0.4, 0.5) is 15.9 Å². The van der Waals surface area contributed by atoms with Crippen molar-refractivity contribution < 1.29 is 4.39 Å². The highest BCUT2D eigenvalue weighted by Crippen LogP contribution is 2.24. The number of aromatic nitrogens is 2. The number of anilines is 2. The van der Waals surface area contributed by atoms with Crippen LogP contribution in [0.2, 0.25) is 5.15 Å². The van der Waals surface area contributed by atoms with Crippen molar-refractivity contribution in [3.8, 4) is 6.07 Å². The Bertz CT molecular complexity index is 636. The lowest BCUT2D eigenvalue weighted by Gasteiger charge is -2.10. The van der Waals surface area contributed by atoms with E-state index in [0.29, 0.717) is 22.2 Å². The summed E-state index contributed by atoms with van der Waals surface area (Å²) in [6.45, 7) is 1.75. The molecule has 1 heterocycles. The largest absolute Gasteiger partial charge is 0.339 e. The zero-order chi connectivity index (χ0) is 13.1. The minimum atomic E-state index is -0.463. The molecule has 0 unspecified atom stereocenters. The molecule has 6 heteroatoms. The van der Waals surface area contributed by atoms with Gasteiger partial charge in [-0.15, -0.1) is 0 Å². The van der Waals surface area contributed by atoms with Crippen LogP contribution in [0.3, 0.4) is 0 Å². The van der Waals surface area contributed by atoms with Crippen LogP contribution in [0.15, 0.2) is 24.5 Å². The number of hydrogen-bond acceptors (Lipinski definition) is 4. The molecule has 0 saturated carbocycles. The number of halogens is 2. The second-order valence-corrected chi connectivity index (χ2v) is 3.92. The maximum Gasteiger partial charge on any atom is 0.138 e. The second kappa shape index (κ2) is 4.98. The highest BCUT2D eigenvalue weighted by atomic mass is 35.5. The van der Waals surface area contributed by atoms with Crippen LogP contribution >= 0.6 is 11.6 Å². The van der Waals surface area contributed by atoms with E-state index in [9.17, 15) is 4.39 Å². The monoisotopic (exact) mass is 262 g/mol. The fourth-order valence-corrected chi connectivity index (χ4v) is 1.53. The first-order valence-corrected chi connectivity index (χ1v) is 5.43. The number of nitrogens with one attached hydrogen (secondary N) is 1. The molecule has 2 aromatic rings. The summed E-state index contributed by atoms with van der Waals surface area (Å²) >= 11 is 5.86. The highest BCUT2D eigenvalue weighted by molar-refractivity contribution is 6.30. The summed E-state index contributed by atoms with van der Waals surface area (Å²) in [4.78, 5) is 7.85. The van der Waals surface area contributed by atoms with Gasteiger partial charge in [-0.25, -0.2) is 14.4 Å². The maximum absolute atomic E-state index is 13.0. The van der Waals surface area contributed by atoms with Gasteiger partial charge in [-0.3, -0.25) is 0 Å². The van der Waals surface area contributed by atoms with Gasteiger partial charge >= 0.3 is 0 Å². The average molecular weight is 263 g/mol. The smallest absolute Gasteiger partial charge is 0.138 e. The highest BCUT2D eigenvalue weighted by Gasteiger charge is 2.08. The van der Waals surface area contributed by atoms with Crippen molar-refractivity contribution in [2.75, 3.05) is 5.32 Å².